The lowest BCUT2D eigenvalue weighted by atomic mass is 9.82. The van der Waals surface area contributed by atoms with Gasteiger partial charge in [0.1, 0.15) is 11.7 Å². The van der Waals surface area contributed by atoms with E-state index in [-0.39, 0.29) is 18.9 Å². The van der Waals surface area contributed by atoms with Crippen LogP contribution in [0.5, 0.6) is 0 Å². The topological polar surface area (TPSA) is 73.7 Å². The third-order valence-electron chi connectivity index (χ3n) is 5.15. The Kier molecular flexibility index (Phi) is 4.18. The number of aliphatic hydroxyl groups excluding tert-OH is 1. The summed E-state index contributed by atoms with van der Waals surface area (Å²) in [6.07, 6.45) is 0.860. The van der Waals surface area contributed by atoms with Crippen LogP contribution in [0.2, 0.25) is 0 Å². The molecule has 4 rings (SSSR count). The van der Waals surface area contributed by atoms with Crippen LogP contribution in [0, 0.1) is 0 Å². The summed E-state index contributed by atoms with van der Waals surface area (Å²) in [5, 5.41) is 22.4. The van der Waals surface area contributed by atoms with E-state index in [0.29, 0.717) is 17.7 Å². The number of nitrogens with zero attached hydrogens (tertiary/aromatic N) is 2. The monoisotopic (exact) mass is 348 g/mol. The molecule has 1 aliphatic heterocycles. The number of β-amino-alcohol motifs (C(OH)–C–C–N with tert-alkyl or cyclic N) is 1. The number of amides is 1. The molecular weight excluding hydrogens is 328 g/mol. The lowest BCUT2D eigenvalue weighted by Crippen LogP contribution is -2.55. The number of carbonyl (C=O) groups excluding carboxylic acids is 1. The average molecular weight is 348 g/mol. The number of rotatable bonds is 2. The highest BCUT2D eigenvalue weighted by atomic mass is 16.3. The van der Waals surface area contributed by atoms with E-state index in [9.17, 15) is 15.0 Å². The maximum Gasteiger partial charge on any atom is 0.254 e. The molecule has 0 radical (unpaired) electrons. The van der Waals surface area contributed by atoms with Crippen LogP contribution in [-0.2, 0) is 5.60 Å². The van der Waals surface area contributed by atoms with E-state index >= 15 is 0 Å². The molecule has 2 heterocycles. The molecule has 0 saturated carbocycles. The van der Waals surface area contributed by atoms with Gasteiger partial charge in [-0.05, 0) is 17.7 Å². The van der Waals surface area contributed by atoms with Crippen LogP contribution in [0.25, 0.3) is 10.9 Å². The Morgan fingerprint density at radius 3 is 2.58 bits per heavy atom. The van der Waals surface area contributed by atoms with Crippen molar-refractivity contribution in [2.24, 2.45) is 0 Å². The fraction of sp³-hybridized carbons (Fsp3) is 0.238. The van der Waals surface area contributed by atoms with Gasteiger partial charge in [0, 0.05) is 24.5 Å². The van der Waals surface area contributed by atoms with E-state index in [4.69, 9.17) is 0 Å². The van der Waals surface area contributed by atoms with Crippen LogP contribution < -0.4 is 0 Å². The van der Waals surface area contributed by atoms with Gasteiger partial charge in [-0.1, -0.05) is 48.5 Å². The van der Waals surface area contributed by atoms with Crippen molar-refractivity contribution in [1.29, 1.82) is 0 Å². The molecule has 0 aliphatic carbocycles. The zero-order chi connectivity index (χ0) is 18.1. The van der Waals surface area contributed by atoms with E-state index in [1.807, 2.05) is 42.5 Å². The first-order valence-electron chi connectivity index (χ1n) is 8.68. The summed E-state index contributed by atoms with van der Waals surface area (Å²) in [6, 6.07) is 18.3. The fourth-order valence-corrected chi connectivity index (χ4v) is 3.62. The molecule has 3 aromatic rings. The number of hydrogen-bond donors (Lipinski definition) is 2. The largest absolute Gasteiger partial charge is 0.388 e. The molecule has 1 aliphatic rings. The SMILES string of the molecule is O=C(c1ccnc2ccccc12)N1CC[C@](O)(c2ccccc2)[C@@H](O)C1. The summed E-state index contributed by atoms with van der Waals surface area (Å²) >= 11 is 0. The van der Waals surface area contributed by atoms with E-state index < -0.39 is 11.7 Å². The zero-order valence-corrected chi connectivity index (χ0v) is 14.2. The zero-order valence-electron chi connectivity index (χ0n) is 14.2. The van der Waals surface area contributed by atoms with Crippen LogP contribution in [-0.4, -0.2) is 45.2 Å². The first kappa shape index (κ1) is 16.7. The van der Waals surface area contributed by atoms with E-state index in [2.05, 4.69) is 4.98 Å². The van der Waals surface area contributed by atoms with Crippen LogP contribution in [0.4, 0.5) is 0 Å². The molecule has 1 aromatic heterocycles. The number of likely N-dealkylation sites (tertiary alicyclic amines) is 1. The summed E-state index contributed by atoms with van der Waals surface area (Å²) < 4.78 is 0. The van der Waals surface area contributed by atoms with E-state index in [1.54, 1.807) is 29.3 Å². The summed E-state index contributed by atoms with van der Waals surface area (Å²) in [7, 11) is 0. The van der Waals surface area contributed by atoms with E-state index in [1.165, 1.54) is 0 Å². The highest BCUT2D eigenvalue weighted by molar-refractivity contribution is 6.06. The van der Waals surface area contributed by atoms with Crippen LogP contribution in [0.3, 0.4) is 0 Å². The maximum atomic E-state index is 13.0. The summed E-state index contributed by atoms with van der Waals surface area (Å²) in [4.78, 5) is 18.9. The number of benzene rings is 2. The number of piperidine rings is 1. The van der Waals surface area contributed by atoms with Crippen molar-refractivity contribution in [3.05, 3.63) is 78.0 Å². The standard InChI is InChI=1S/C21H20N2O3/c24-19-14-23(13-11-21(19,26)15-6-2-1-3-7-15)20(25)17-10-12-22-18-9-5-4-8-16(17)18/h1-10,12,19,24,26H,11,13-14H2/t19-,21-/m0/s1. The van der Waals surface area contributed by atoms with Crippen molar-refractivity contribution in [2.75, 3.05) is 13.1 Å². The van der Waals surface area contributed by atoms with Crippen molar-refractivity contribution < 1.29 is 15.0 Å². The number of carbonyl (C=O) groups is 1. The molecule has 2 N–H and O–H groups in total. The number of para-hydroxylation sites is 1. The molecule has 1 saturated heterocycles. The van der Waals surface area contributed by atoms with Crippen molar-refractivity contribution in [2.45, 2.75) is 18.1 Å². The second kappa shape index (κ2) is 6.52. The van der Waals surface area contributed by atoms with E-state index in [0.717, 1.165) is 10.9 Å². The number of hydrogen-bond acceptors (Lipinski definition) is 4. The molecule has 26 heavy (non-hydrogen) atoms. The van der Waals surface area contributed by atoms with Crippen LogP contribution >= 0.6 is 0 Å². The van der Waals surface area contributed by atoms with Gasteiger partial charge in [-0.25, -0.2) is 0 Å². The first-order valence-corrected chi connectivity index (χ1v) is 8.68. The Hall–Kier alpha value is -2.76. The minimum Gasteiger partial charge on any atom is -0.388 e. The Labute approximate surface area is 151 Å². The molecule has 5 nitrogen and oxygen atoms in total. The number of aliphatic hydroxyl groups is 2. The molecule has 0 bridgehead atoms. The predicted molar refractivity (Wildman–Crippen MR) is 98.6 cm³/mol. The minimum atomic E-state index is -1.33. The highest BCUT2D eigenvalue weighted by Gasteiger charge is 2.43. The molecule has 5 heteroatoms. The number of fused-ring (bicyclic) bond motifs is 1. The van der Waals surface area contributed by atoms with Crippen molar-refractivity contribution in [3.63, 3.8) is 0 Å². The maximum absolute atomic E-state index is 13.0. The molecule has 0 unspecified atom stereocenters. The number of pyridine rings is 1. The minimum absolute atomic E-state index is 0.0842. The molecule has 0 spiro atoms. The Bertz CT molecular complexity index is 939. The normalized spacial score (nSPS) is 23.2. The lowest BCUT2D eigenvalue weighted by molar-refractivity contribution is -0.118. The Morgan fingerprint density at radius 2 is 1.81 bits per heavy atom. The van der Waals surface area contributed by atoms with Gasteiger partial charge in [0.15, 0.2) is 0 Å². The smallest absolute Gasteiger partial charge is 0.254 e. The molecule has 2 aromatic carbocycles. The number of aromatic nitrogens is 1. The van der Waals surface area contributed by atoms with Crippen molar-refractivity contribution >= 4 is 16.8 Å². The van der Waals surface area contributed by atoms with Gasteiger partial charge in [-0.2, -0.15) is 0 Å². The molecule has 132 valence electrons. The van der Waals surface area contributed by atoms with Crippen LogP contribution in [0.15, 0.2) is 66.9 Å². The Morgan fingerprint density at radius 1 is 1.08 bits per heavy atom. The lowest BCUT2D eigenvalue weighted by Gasteiger charge is -2.42. The second-order valence-corrected chi connectivity index (χ2v) is 6.68. The van der Waals surface area contributed by atoms with Gasteiger partial charge in [0.05, 0.1) is 17.6 Å². The summed E-state index contributed by atoms with van der Waals surface area (Å²) in [5.41, 5.74) is 0.664. The first-order chi connectivity index (χ1) is 12.6. The van der Waals surface area contributed by atoms with Gasteiger partial charge in [0.2, 0.25) is 0 Å². The van der Waals surface area contributed by atoms with Crippen molar-refractivity contribution in [3.8, 4) is 0 Å². The van der Waals surface area contributed by atoms with Crippen LogP contribution in [0.1, 0.15) is 22.3 Å². The van der Waals surface area contributed by atoms with Gasteiger partial charge in [-0.3, -0.25) is 9.78 Å². The fourth-order valence-electron chi connectivity index (χ4n) is 3.62. The molecule has 1 amide bonds. The van der Waals surface area contributed by atoms with Gasteiger partial charge in [-0.15, -0.1) is 0 Å². The third-order valence-corrected chi connectivity index (χ3v) is 5.15. The Balaban J connectivity index is 1.60. The molecule has 1 fully saturated rings. The average Bonchev–Trinajstić information content (AvgIpc) is 2.70. The third kappa shape index (κ3) is 2.75. The predicted octanol–water partition coefficient (Wildman–Crippen LogP) is 2.33. The second-order valence-electron chi connectivity index (χ2n) is 6.68. The molecule has 2 atom stereocenters. The summed E-state index contributed by atoms with van der Waals surface area (Å²) in [6.45, 7) is 0.457. The molecular formula is C21H20N2O3. The van der Waals surface area contributed by atoms with Gasteiger partial charge < -0.3 is 15.1 Å². The van der Waals surface area contributed by atoms with Gasteiger partial charge >= 0.3 is 0 Å². The highest BCUT2D eigenvalue weighted by Crippen LogP contribution is 2.33. The quantitative estimate of drug-likeness (QED) is 0.745. The van der Waals surface area contributed by atoms with Crippen molar-refractivity contribution in [1.82, 2.24) is 9.88 Å². The van der Waals surface area contributed by atoms with Gasteiger partial charge in [0.25, 0.3) is 5.91 Å². The summed E-state index contributed by atoms with van der Waals surface area (Å²) in [5.74, 6) is -0.155.